The van der Waals surface area contributed by atoms with Crippen LogP contribution in [0.5, 0.6) is 0 Å². The SMILES string of the molecule is OCCC(CO)CO.[CaH2]. The van der Waals surface area contributed by atoms with Crippen molar-refractivity contribution in [1.82, 2.24) is 0 Å². The molecule has 0 aromatic rings. The molecule has 3 N–H and O–H groups in total. The third-order valence-corrected chi connectivity index (χ3v) is 1.05. The molecular weight excluding hydrogens is 148 g/mol. The van der Waals surface area contributed by atoms with Gasteiger partial charge in [0.05, 0.1) is 0 Å². The van der Waals surface area contributed by atoms with E-state index in [-0.39, 0.29) is 63.5 Å². The van der Waals surface area contributed by atoms with E-state index in [1.54, 1.807) is 0 Å². The molecule has 0 bridgehead atoms. The number of hydrogen-bond acceptors (Lipinski definition) is 3. The van der Waals surface area contributed by atoms with Crippen molar-refractivity contribution in [2.75, 3.05) is 19.8 Å². The molecule has 0 aliphatic carbocycles. The quantitative estimate of drug-likeness (QED) is 0.421. The summed E-state index contributed by atoms with van der Waals surface area (Å²) in [6.07, 6.45) is 0.479. The fourth-order valence-corrected chi connectivity index (χ4v) is 0.423. The van der Waals surface area contributed by atoms with Crippen LogP contribution in [-0.2, 0) is 0 Å². The number of aliphatic hydroxyl groups excluding tert-OH is 3. The Hall–Kier alpha value is 1.14. The molecule has 0 aromatic heterocycles. The molecule has 0 saturated carbocycles. The van der Waals surface area contributed by atoms with E-state index in [4.69, 9.17) is 15.3 Å². The average Bonchev–Trinajstić information content (AvgIpc) is 1.83. The molecule has 0 aromatic carbocycles. The molecule has 54 valence electrons. The van der Waals surface area contributed by atoms with E-state index < -0.39 is 0 Å². The third kappa shape index (κ3) is 7.03. The summed E-state index contributed by atoms with van der Waals surface area (Å²) >= 11 is 0. The van der Waals surface area contributed by atoms with Gasteiger partial charge in [0, 0.05) is 25.7 Å². The van der Waals surface area contributed by atoms with E-state index in [1.807, 2.05) is 0 Å². The molecule has 0 spiro atoms. The number of aliphatic hydroxyl groups is 3. The second-order valence-electron chi connectivity index (χ2n) is 1.74. The van der Waals surface area contributed by atoms with Crippen LogP contribution in [0.1, 0.15) is 6.42 Å². The molecule has 0 aliphatic heterocycles. The van der Waals surface area contributed by atoms with E-state index in [9.17, 15) is 0 Å². The first-order valence-electron chi connectivity index (χ1n) is 2.67. The summed E-state index contributed by atoms with van der Waals surface area (Å²) < 4.78 is 0. The van der Waals surface area contributed by atoms with E-state index in [0.29, 0.717) is 6.42 Å². The van der Waals surface area contributed by atoms with Gasteiger partial charge in [-0.2, -0.15) is 0 Å². The van der Waals surface area contributed by atoms with Crippen molar-refractivity contribution in [2.45, 2.75) is 6.42 Å². The van der Waals surface area contributed by atoms with Crippen molar-refractivity contribution in [3.8, 4) is 0 Å². The Kier molecular flexibility index (Phi) is 13.0. The molecule has 0 amide bonds. The number of hydrogen-bond donors (Lipinski definition) is 3. The van der Waals surface area contributed by atoms with Crippen molar-refractivity contribution in [1.29, 1.82) is 0 Å². The minimum atomic E-state index is -0.139. The Bertz CT molecular complexity index is 47.5. The normalized spacial score (nSPS) is 9.33. The summed E-state index contributed by atoms with van der Waals surface area (Å²) in [5, 5.41) is 25.0. The van der Waals surface area contributed by atoms with Crippen LogP contribution in [0.15, 0.2) is 0 Å². The van der Waals surface area contributed by atoms with E-state index >= 15 is 0 Å². The zero-order valence-electron chi connectivity index (χ0n) is 4.75. The summed E-state index contributed by atoms with van der Waals surface area (Å²) in [5.74, 6) is -0.139. The Balaban J connectivity index is 0. The molecule has 0 fully saturated rings. The molecule has 9 heavy (non-hydrogen) atoms. The molecule has 0 aliphatic rings. The summed E-state index contributed by atoms with van der Waals surface area (Å²) in [5.41, 5.74) is 0. The summed E-state index contributed by atoms with van der Waals surface area (Å²) in [7, 11) is 0. The van der Waals surface area contributed by atoms with Crippen LogP contribution in [0, 0.1) is 5.92 Å². The Morgan fingerprint density at radius 2 is 1.44 bits per heavy atom. The molecule has 0 heterocycles. The van der Waals surface area contributed by atoms with E-state index in [2.05, 4.69) is 0 Å². The van der Waals surface area contributed by atoms with Crippen LogP contribution in [-0.4, -0.2) is 72.9 Å². The Morgan fingerprint density at radius 3 is 1.56 bits per heavy atom. The summed E-state index contributed by atoms with van der Waals surface area (Å²) in [6, 6.07) is 0. The summed E-state index contributed by atoms with van der Waals surface area (Å²) in [4.78, 5) is 0. The second kappa shape index (κ2) is 9.14. The standard InChI is InChI=1S/C5H12O3.Ca.2H/c6-2-1-5(3-7)4-8;;;/h5-8H,1-4H2;;;. The molecule has 0 radical (unpaired) electrons. The summed E-state index contributed by atoms with van der Waals surface area (Å²) in [6.45, 7) is -0.0556. The Morgan fingerprint density at radius 1 is 1.00 bits per heavy atom. The van der Waals surface area contributed by atoms with Crippen LogP contribution in [0.25, 0.3) is 0 Å². The fraction of sp³-hybridized carbons (Fsp3) is 1.00. The molecule has 3 nitrogen and oxygen atoms in total. The van der Waals surface area contributed by atoms with Gasteiger partial charge in [-0.1, -0.05) is 0 Å². The van der Waals surface area contributed by atoms with Crippen molar-refractivity contribution in [3.63, 3.8) is 0 Å². The third-order valence-electron chi connectivity index (χ3n) is 1.05. The topological polar surface area (TPSA) is 60.7 Å². The monoisotopic (exact) mass is 162 g/mol. The first-order valence-corrected chi connectivity index (χ1v) is 2.67. The van der Waals surface area contributed by atoms with Crippen LogP contribution in [0.2, 0.25) is 0 Å². The molecule has 0 unspecified atom stereocenters. The van der Waals surface area contributed by atoms with Crippen LogP contribution < -0.4 is 0 Å². The first kappa shape index (κ1) is 12.8. The Labute approximate surface area is 84.7 Å². The molecule has 0 atom stereocenters. The first-order chi connectivity index (χ1) is 3.85. The van der Waals surface area contributed by atoms with Gasteiger partial charge in [-0.25, -0.2) is 0 Å². The predicted molar refractivity (Wildman–Crippen MR) is 37.9 cm³/mol. The fourth-order valence-electron chi connectivity index (χ4n) is 0.423. The van der Waals surface area contributed by atoms with Gasteiger partial charge >= 0.3 is 37.7 Å². The number of rotatable bonds is 4. The van der Waals surface area contributed by atoms with Crippen molar-refractivity contribution in [3.05, 3.63) is 0 Å². The van der Waals surface area contributed by atoms with Crippen molar-refractivity contribution in [2.24, 2.45) is 5.92 Å². The molecular formula is C5H14CaO3. The van der Waals surface area contributed by atoms with Gasteiger partial charge in [-0.3, -0.25) is 0 Å². The molecule has 0 saturated heterocycles. The van der Waals surface area contributed by atoms with Gasteiger partial charge in [0.25, 0.3) is 0 Å². The maximum absolute atomic E-state index is 8.39. The predicted octanol–water partition coefficient (Wildman–Crippen LogP) is -1.95. The van der Waals surface area contributed by atoms with Gasteiger partial charge < -0.3 is 15.3 Å². The van der Waals surface area contributed by atoms with Crippen LogP contribution >= 0.6 is 0 Å². The van der Waals surface area contributed by atoms with E-state index in [1.165, 1.54) is 0 Å². The van der Waals surface area contributed by atoms with Gasteiger partial charge in [-0.15, -0.1) is 0 Å². The minimum absolute atomic E-state index is 0. The van der Waals surface area contributed by atoms with Gasteiger partial charge in [-0.05, 0) is 6.42 Å². The average molecular weight is 162 g/mol. The van der Waals surface area contributed by atoms with Crippen LogP contribution in [0.4, 0.5) is 0 Å². The van der Waals surface area contributed by atoms with Gasteiger partial charge in [0.2, 0.25) is 0 Å². The second-order valence-corrected chi connectivity index (χ2v) is 1.74. The van der Waals surface area contributed by atoms with Crippen LogP contribution in [0.3, 0.4) is 0 Å². The maximum atomic E-state index is 8.39. The van der Waals surface area contributed by atoms with Crippen molar-refractivity contribution >= 4 is 37.7 Å². The molecule has 0 rings (SSSR count). The van der Waals surface area contributed by atoms with E-state index in [0.717, 1.165) is 0 Å². The zero-order valence-corrected chi connectivity index (χ0v) is 4.75. The zero-order chi connectivity index (χ0) is 6.41. The molecule has 4 heteroatoms. The van der Waals surface area contributed by atoms with Crippen molar-refractivity contribution < 1.29 is 15.3 Å². The van der Waals surface area contributed by atoms with Gasteiger partial charge in [0.1, 0.15) is 0 Å². The van der Waals surface area contributed by atoms with Gasteiger partial charge in [0.15, 0.2) is 0 Å².